The molecule has 0 aliphatic carbocycles. The van der Waals surface area contributed by atoms with Crippen LogP contribution in [-0.4, -0.2) is 81.7 Å². The highest BCUT2D eigenvalue weighted by atomic mass is 16.5. The van der Waals surface area contributed by atoms with E-state index >= 15 is 0 Å². The molecule has 1 aromatic heterocycles. The Morgan fingerprint density at radius 1 is 1.12 bits per heavy atom. The molecule has 1 aliphatic rings. The van der Waals surface area contributed by atoms with E-state index in [4.69, 9.17) is 4.74 Å². The zero-order chi connectivity index (χ0) is 18.4. The minimum absolute atomic E-state index is 0.0538. The third-order valence-corrected chi connectivity index (χ3v) is 4.41. The summed E-state index contributed by atoms with van der Waals surface area (Å²) in [6.45, 7) is 2.23. The van der Waals surface area contributed by atoms with Crippen LogP contribution >= 0.6 is 0 Å². The minimum Gasteiger partial charge on any atom is -0.375 e. The number of tetrazole rings is 1. The van der Waals surface area contributed by atoms with Crippen molar-refractivity contribution in [2.75, 3.05) is 39.9 Å². The van der Waals surface area contributed by atoms with Crippen molar-refractivity contribution < 1.29 is 14.3 Å². The van der Waals surface area contributed by atoms with Gasteiger partial charge in [0.25, 0.3) is 5.91 Å². The van der Waals surface area contributed by atoms with Gasteiger partial charge in [0, 0.05) is 33.3 Å². The molecule has 2 aromatic rings. The Labute approximate surface area is 151 Å². The van der Waals surface area contributed by atoms with Gasteiger partial charge in [-0.1, -0.05) is 30.3 Å². The Morgan fingerprint density at radius 2 is 1.85 bits per heavy atom. The van der Waals surface area contributed by atoms with E-state index in [0.717, 1.165) is 12.0 Å². The summed E-state index contributed by atoms with van der Waals surface area (Å²) in [7, 11) is 1.50. The molecule has 138 valence electrons. The van der Waals surface area contributed by atoms with Gasteiger partial charge in [0.1, 0.15) is 12.9 Å². The third kappa shape index (κ3) is 4.05. The molecule has 2 amide bonds. The molecule has 1 atom stereocenters. The largest absolute Gasteiger partial charge is 0.375 e. The zero-order valence-corrected chi connectivity index (χ0v) is 14.7. The number of hydrogen-bond acceptors (Lipinski definition) is 6. The van der Waals surface area contributed by atoms with Crippen molar-refractivity contribution in [3.05, 3.63) is 42.2 Å². The van der Waals surface area contributed by atoms with Crippen molar-refractivity contribution in [2.24, 2.45) is 0 Å². The average Bonchev–Trinajstić information content (AvgIpc) is 3.06. The molecule has 3 rings (SSSR count). The highest BCUT2D eigenvalue weighted by Gasteiger charge is 2.30. The van der Waals surface area contributed by atoms with Gasteiger partial charge in [-0.25, -0.2) is 4.68 Å². The minimum atomic E-state index is -0.618. The SMILES string of the molecule is COCC(=O)N1CCCN(C(=O)[C@@H](c2ccccc2)n2cnnn2)CC1. The topological polar surface area (TPSA) is 93.5 Å². The van der Waals surface area contributed by atoms with Gasteiger partial charge in [0.2, 0.25) is 5.91 Å². The first-order valence-electron chi connectivity index (χ1n) is 8.53. The molecule has 1 aromatic carbocycles. The number of rotatable bonds is 5. The third-order valence-electron chi connectivity index (χ3n) is 4.41. The van der Waals surface area contributed by atoms with E-state index in [1.54, 1.807) is 9.80 Å². The van der Waals surface area contributed by atoms with Crippen LogP contribution in [0.3, 0.4) is 0 Å². The molecule has 9 heteroatoms. The van der Waals surface area contributed by atoms with E-state index < -0.39 is 6.04 Å². The summed E-state index contributed by atoms with van der Waals surface area (Å²) >= 11 is 0. The molecule has 26 heavy (non-hydrogen) atoms. The highest BCUT2D eigenvalue weighted by molar-refractivity contribution is 5.84. The molecule has 0 radical (unpaired) electrons. The molecule has 9 nitrogen and oxygen atoms in total. The molecule has 1 aliphatic heterocycles. The molecular weight excluding hydrogens is 336 g/mol. The lowest BCUT2D eigenvalue weighted by Crippen LogP contribution is -2.41. The van der Waals surface area contributed by atoms with Crippen LogP contribution in [0.5, 0.6) is 0 Å². The van der Waals surface area contributed by atoms with Crippen LogP contribution in [-0.2, 0) is 14.3 Å². The van der Waals surface area contributed by atoms with Crippen molar-refractivity contribution >= 4 is 11.8 Å². The van der Waals surface area contributed by atoms with Crippen LogP contribution in [0.25, 0.3) is 0 Å². The lowest BCUT2D eigenvalue weighted by Gasteiger charge is -2.26. The van der Waals surface area contributed by atoms with Crippen molar-refractivity contribution in [3.63, 3.8) is 0 Å². The lowest BCUT2D eigenvalue weighted by atomic mass is 10.1. The van der Waals surface area contributed by atoms with Crippen molar-refractivity contribution in [1.29, 1.82) is 0 Å². The number of amides is 2. The molecule has 2 heterocycles. The first kappa shape index (κ1) is 18.0. The van der Waals surface area contributed by atoms with Crippen molar-refractivity contribution in [3.8, 4) is 0 Å². The van der Waals surface area contributed by atoms with Crippen LogP contribution in [0.4, 0.5) is 0 Å². The summed E-state index contributed by atoms with van der Waals surface area (Å²) < 4.78 is 6.39. The summed E-state index contributed by atoms with van der Waals surface area (Å²) in [5.41, 5.74) is 0.821. The summed E-state index contributed by atoms with van der Waals surface area (Å²) in [4.78, 5) is 28.8. The van der Waals surface area contributed by atoms with E-state index in [9.17, 15) is 9.59 Å². The summed E-state index contributed by atoms with van der Waals surface area (Å²) in [6.07, 6.45) is 2.17. The van der Waals surface area contributed by atoms with Crippen LogP contribution in [0.2, 0.25) is 0 Å². The Kier molecular flexibility index (Phi) is 5.90. The van der Waals surface area contributed by atoms with Gasteiger partial charge in [0.15, 0.2) is 6.04 Å². The second-order valence-corrected chi connectivity index (χ2v) is 6.10. The van der Waals surface area contributed by atoms with Crippen LogP contribution in [0.1, 0.15) is 18.0 Å². The van der Waals surface area contributed by atoms with E-state index in [1.807, 2.05) is 30.3 Å². The monoisotopic (exact) mass is 358 g/mol. The number of hydrogen-bond donors (Lipinski definition) is 0. The number of carbonyl (C=O) groups is 2. The quantitative estimate of drug-likeness (QED) is 0.745. The zero-order valence-electron chi connectivity index (χ0n) is 14.7. The Hall–Kier alpha value is -2.81. The number of ether oxygens (including phenoxy) is 1. The second kappa shape index (κ2) is 8.52. The van der Waals surface area contributed by atoms with Gasteiger partial charge in [-0.2, -0.15) is 0 Å². The van der Waals surface area contributed by atoms with E-state index in [2.05, 4.69) is 15.5 Å². The number of methoxy groups -OCH3 is 1. The highest BCUT2D eigenvalue weighted by Crippen LogP contribution is 2.20. The molecule has 0 unspecified atom stereocenters. The molecule has 1 fully saturated rings. The van der Waals surface area contributed by atoms with Crippen molar-refractivity contribution in [1.82, 2.24) is 30.0 Å². The molecule has 0 N–H and O–H groups in total. The number of nitrogens with zero attached hydrogens (tertiary/aromatic N) is 6. The molecule has 0 bridgehead atoms. The predicted octanol–water partition coefficient (Wildman–Crippen LogP) is -0.0302. The maximum Gasteiger partial charge on any atom is 0.252 e. The second-order valence-electron chi connectivity index (χ2n) is 6.10. The van der Waals surface area contributed by atoms with Gasteiger partial charge in [-0.05, 0) is 22.4 Å². The fourth-order valence-electron chi connectivity index (χ4n) is 3.11. The normalized spacial score (nSPS) is 16.2. The summed E-state index contributed by atoms with van der Waals surface area (Å²) in [5, 5.41) is 11.3. The molecule has 1 saturated heterocycles. The smallest absolute Gasteiger partial charge is 0.252 e. The standard InChI is InChI=1S/C17H22N6O3/c1-26-12-15(24)21-8-5-9-22(11-10-21)17(25)16(23-13-18-19-20-23)14-6-3-2-4-7-14/h2-4,6-7,13,16H,5,8-12H2,1H3/t16-/m1/s1. The van der Waals surface area contributed by atoms with Crippen LogP contribution in [0.15, 0.2) is 36.7 Å². The van der Waals surface area contributed by atoms with E-state index in [0.29, 0.717) is 26.2 Å². The molecule has 0 spiro atoms. The maximum absolute atomic E-state index is 13.2. The first-order chi connectivity index (χ1) is 12.7. The summed E-state index contributed by atoms with van der Waals surface area (Å²) in [6, 6.07) is 8.82. The Bertz CT molecular complexity index is 721. The fraction of sp³-hybridized carbons (Fsp3) is 0.471. The molecule has 0 saturated carbocycles. The Morgan fingerprint density at radius 3 is 2.54 bits per heavy atom. The lowest BCUT2D eigenvalue weighted by molar-refractivity contribution is -0.136. The van der Waals surface area contributed by atoms with E-state index in [-0.39, 0.29) is 18.4 Å². The Balaban J connectivity index is 1.76. The van der Waals surface area contributed by atoms with Gasteiger partial charge >= 0.3 is 0 Å². The van der Waals surface area contributed by atoms with Gasteiger partial charge in [0.05, 0.1) is 0 Å². The maximum atomic E-state index is 13.2. The van der Waals surface area contributed by atoms with E-state index in [1.165, 1.54) is 18.1 Å². The predicted molar refractivity (Wildman–Crippen MR) is 92.1 cm³/mol. The first-order valence-corrected chi connectivity index (χ1v) is 8.53. The average molecular weight is 358 g/mol. The summed E-state index contributed by atoms with van der Waals surface area (Å²) in [5.74, 6) is -0.133. The van der Waals surface area contributed by atoms with Gasteiger partial charge in [-0.3, -0.25) is 9.59 Å². The molecular formula is C17H22N6O3. The number of aromatic nitrogens is 4. The number of benzene rings is 1. The van der Waals surface area contributed by atoms with Crippen LogP contribution < -0.4 is 0 Å². The van der Waals surface area contributed by atoms with Gasteiger partial charge in [-0.15, -0.1) is 5.10 Å². The van der Waals surface area contributed by atoms with Gasteiger partial charge < -0.3 is 14.5 Å². The number of carbonyl (C=O) groups excluding carboxylic acids is 2. The fourth-order valence-corrected chi connectivity index (χ4v) is 3.11. The van der Waals surface area contributed by atoms with Crippen molar-refractivity contribution in [2.45, 2.75) is 12.5 Å². The van der Waals surface area contributed by atoms with Crippen LogP contribution in [0, 0.1) is 0 Å².